The second-order valence-electron chi connectivity index (χ2n) is 8.70. The van der Waals surface area contributed by atoms with Gasteiger partial charge in [0.1, 0.15) is 5.82 Å². The number of benzene rings is 4. The topological polar surface area (TPSA) is 55.2 Å². The third-order valence-corrected chi connectivity index (χ3v) is 7.28. The minimum Gasteiger partial charge on any atom is -0.303 e. The first-order chi connectivity index (χ1) is 18.0. The number of rotatable bonds is 4. The Labute approximate surface area is 231 Å². The van der Waals surface area contributed by atoms with Crippen LogP contribution in [0.4, 0.5) is 5.69 Å². The second-order valence-corrected chi connectivity index (χ2v) is 10.4. The average Bonchev–Trinajstić information content (AvgIpc) is 3.17. The third-order valence-electron chi connectivity index (χ3n) is 6.36. The fourth-order valence-corrected chi connectivity index (χ4v) is 5.23. The Morgan fingerprint density at radius 1 is 0.865 bits per heavy atom. The summed E-state index contributed by atoms with van der Waals surface area (Å²) in [5.74, 6) is 0.241. The molecule has 6 rings (SSSR count). The van der Waals surface area contributed by atoms with Crippen LogP contribution in [0, 0.1) is 3.57 Å². The number of para-hydroxylation sites is 1. The molecule has 5 aromatic rings. The number of hydrogen-bond donors (Lipinski definition) is 0. The molecule has 1 aliphatic heterocycles. The lowest BCUT2D eigenvalue weighted by Gasteiger charge is -2.17. The summed E-state index contributed by atoms with van der Waals surface area (Å²) in [5.41, 5.74) is 4.14. The van der Waals surface area contributed by atoms with Crippen molar-refractivity contribution in [3.05, 3.63) is 133 Å². The summed E-state index contributed by atoms with van der Waals surface area (Å²) in [6.07, 6.45) is 1.72. The monoisotopic (exact) mass is 615 g/mol. The Bertz CT molecular complexity index is 1760. The normalized spacial score (nSPS) is 13.9. The van der Waals surface area contributed by atoms with Crippen LogP contribution in [0.1, 0.15) is 17.0 Å². The molecule has 0 radical (unpaired) electrons. The van der Waals surface area contributed by atoms with Crippen molar-refractivity contribution in [2.75, 3.05) is 4.90 Å². The molecular weight excluding hydrogens is 597 g/mol. The number of halogens is 2. The molecule has 180 valence electrons. The van der Waals surface area contributed by atoms with E-state index < -0.39 is 0 Å². The van der Waals surface area contributed by atoms with Gasteiger partial charge in [-0.2, -0.15) is 0 Å². The van der Waals surface area contributed by atoms with Gasteiger partial charge in [-0.15, -0.1) is 0 Å². The molecule has 0 bridgehead atoms. The Kier molecular flexibility index (Phi) is 6.14. The van der Waals surface area contributed by atoms with E-state index in [9.17, 15) is 9.59 Å². The molecule has 1 amide bonds. The lowest BCUT2D eigenvalue weighted by molar-refractivity contribution is -0.113. The summed E-state index contributed by atoms with van der Waals surface area (Å²) < 4.78 is 2.48. The molecule has 1 aromatic heterocycles. The fraction of sp³-hybridized carbons (Fsp3) is 0.0333. The maximum Gasteiger partial charge on any atom is 0.266 e. The molecule has 0 saturated carbocycles. The summed E-state index contributed by atoms with van der Waals surface area (Å²) in [6, 6.07) is 30.2. The van der Waals surface area contributed by atoms with Gasteiger partial charge in [-0.05, 0) is 82.8 Å². The van der Waals surface area contributed by atoms with E-state index in [1.807, 2.05) is 72.8 Å². The predicted octanol–water partition coefficient (Wildman–Crippen LogP) is 6.73. The van der Waals surface area contributed by atoms with Crippen LogP contribution in [-0.4, -0.2) is 15.5 Å². The quantitative estimate of drug-likeness (QED) is 0.166. The molecule has 5 nitrogen and oxygen atoms in total. The van der Waals surface area contributed by atoms with Crippen LogP contribution in [0.3, 0.4) is 0 Å². The molecule has 0 fully saturated rings. The minimum atomic E-state index is -0.211. The zero-order chi connectivity index (χ0) is 25.5. The standard InChI is InChI=1S/C30H19ClIN3O2/c31-20-10-13-22(14-11-20)35-28(33-26-15-12-21(32)16-25(26)30(35)37)17-24-23-8-4-5-9-27(23)34(29(24)36)18-19-6-2-1-3-7-19/h1-17H,18H2/b24-17-. The highest BCUT2D eigenvalue weighted by atomic mass is 127. The highest BCUT2D eigenvalue weighted by Crippen LogP contribution is 2.38. The summed E-state index contributed by atoms with van der Waals surface area (Å²) in [4.78, 5) is 34.1. The number of amides is 1. The molecule has 7 heteroatoms. The third kappa shape index (κ3) is 4.36. The van der Waals surface area contributed by atoms with E-state index in [1.54, 1.807) is 35.2 Å². The molecule has 0 saturated heterocycles. The zero-order valence-corrected chi connectivity index (χ0v) is 22.3. The van der Waals surface area contributed by atoms with E-state index >= 15 is 0 Å². The summed E-state index contributed by atoms with van der Waals surface area (Å²) in [7, 11) is 0. The van der Waals surface area contributed by atoms with Gasteiger partial charge in [0.15, 0.2) is 0 Å². The highest BCUT2D eigenvalue weighted by molar-refractivity contribution is 14.1. The molecule has 0 spiro atoms. The number of hydrogen-bond acceptors (Lipinski definition) is 3. The Morgan fingerprint density at radius 2 is 1.59 bits per heavy atom. The van der Waals surface area contributed by atoms with Crippen LogP contribution in [0.25, 0.3) is 28.2 Å². The molecule has 37 heavy (non-hydrogen) atoms. The maximum absolute atomic E-state index is 13.8. The van der Waals surface area contributed by atoms with Gasteiger partial charge >= 0.3 is 0 Å². The zero-order valence-electron chi connectivity index (χ0n) is 19.4. The summed E-state index contributed by atoms with van der Waals surface area (Å²) in [5, 5.41) is 1.07. The van der Waals surface area contributed by atoms with Crippen molar-refractivity contribution in [3.63, 3.8) is 0 Å². The maximum atomic E-state index is 13.8. The molecule has 0 atom stereocenters. The van der Waals surface area contributed by atoms with Crippen LogP contribution in [0.5, 0.6) is 0 Å². The smallest absolute Gasteiger partial charge is 0.266 e. The molecule has 2 heterocycles. The first-order valence-corrected chi connectivity index (χ1v) is 13.1. The van der Waals surface area contributed by atoms with Crippen LogP contribution in [0.2, 0.25) is 5.02 Å². The Hall–Kier alpha value is -3.75. The lowest BCUT2D eigenvalue weighted by atomic mass is 10.1. The highest BCUT2D eigenvalue weighted by Gasteiger charge is 2.32. The van der Waals surface area contributed by atoms with Crippen LogP contribution in [-0.2, 0) is 11.3 Å². The Balaban J connectivity index is 1.56. The van der Waals surface area contributed by atoms with E-state index in [0.717, 1.165) is 20.4 Å². The van der Waals surface area contributed by atoms with E-state index in [-0.39, 0.29) is 11.5 Å². The summed E-state index contributed by atoms with van der Waals surface area (Å²) in [6.45, 7) is 0.446. The lowest BCUT2D eigenvalue weighted by Crippen LogP contribution is -2.26. The van der Waals surface area contributed by atoms with Crippen molar-refractivity contribution in [2.45, 2.75) is 6.54 Å². The molecule has 0 unspecified atom stereocenters. The largest absolute Gasteiger partial charge is 0.303 e. The van der Waals surface area contributed by atoms with Gasteiger partial charge in [-0.3, -0.25) is 14.2 Å². The van der Waals surface area contributed by atoms with Gasteiger partial charge in [0.05, 0.1) is 34.4 Å². The molecule has 0 N–H and O–H groups in total. The first kappa shape index (κ1) is 23.6. The van der Waals surface area contributed by atoms with Gasteiger partial charge in [0.25, 0.3) is 11.5 Å². The van der Waals surface area contributed by atoms with Crippen molar-refractivity contribution >= 4 is 68.3 Å². The fourth-order valence-electron chi connectivity index (χ4n) is 4.61. The van der Waals surface area contributed by atoms with E-state index in [2.05, 4.69) is 22.6 Å². The van der Waals surface area contributed by atoms with E-state index in [4.69, 9.17) is 16.6 Å². The average molecular weight is 616 g/mol. The molecular formula is C30H19ClIN3O2. The van der Waals surface area contributed by atoms with Gasteiger partial charge in [-0.25, -0.2) is 4.98 Å². The van der Waals surface area contributed by atoms with Crippen LogP contribution >= 0.6 is 34.2 Å². The summed E-state index contributed by atoms with van der Waals surface area (Å²) >= 11 is 8.31. The first-order valence-electron chi connectivity index (χ1n) is 11.6. The predicted molar refractivity (Wildman–Crippen MR) is 157 cm³/mol. The number of carbonyl (C=O) groups is 1. The van der Waals surface area contributed by atoms with Gasteiger partial charge in [0.2, 0.25) is 0 Å². The van der Waals surface area contributed by atoms with Crippen molar-refractivity contribution in [1.82, 2.24) is 9.55 Å². The van der Waals surface area contributed by atoms with Crippen LogP contribution < -0.4 is 10.5 Å². The van der Waals surface area contributed by atoms with Gasteiger partial charge in [0, 0.05) is 14.2 Å². The number of carbonyl (C=O) groups excluding carboxylic acids is 1. The Morgan fingerprint density at radius 3 is 2.38 bits per heavy atom. The van der Waals surface area contributed by atoms with Gasteiger partial charge < -0.3 is 4.90 Å². The number of fused-ring (bicyclic) bond motifs is 2. The number of aromatic nitrogens is 2. The minimum absolute atomic E-state index is 0.135. The van der Waals surface area contributed by atoms with Crippen molar-refractivity contribution in [2.24, 2.45) is 0 Å². The van der Waals surface area contributed by atoms with Crippen LogP contribution in [0.15, 0.2) is 102 Å². The SMILES string of the molecule is O=C1/C(=C\c2nc3ccc(I)cc3c(=O)n2-c2ccc(Cl)cc2)c2ccccc2N1Cc1ccccc1. The van der Waals surface area contributed by atoms with Crippen molar-refractivity contribution in [1.29, 1.82) is 0 Å². The second kappa shape index (κ2) is 9.61. The molecule has 1 aliphatic rings. The number of nitrogens with zero attached hydrogens (tertiary/aromatic N) is 3. The molecule has 0 aliphatic carbocycles. The van der Waals surface area contributed by atoms with Gasteiger partial charge in [-0.1, -0.05) is 60.1 Å². The van der Waals surface area contributed by atoms with E-state index in [1.165, 1.54) is 4.57 Å². The van der Waals surface area contributed by atoms with Crippen molar-refractivity contribution < 1.29 is 4.79 Å². The van der Waals surface area contributed by atoms with Crippen molar-refractivity contribution in [3.8, 4) is 5.69 Å². The molecule has 4 aromatic carbocycles. The number of anilines is 1. The van der Waals surface area contributed by atoms with E-state index in [0.29, 0.717) is 39.6 Å².